The Labute approximate surface area is 77.0 Å². The fourth-order valence-corrected chi connectivity index (χ4v) is 1.15. The van der Waals surface area contributed by atoms with Crippen LogP contribution in [0.2, 0.25) is 0 Å². The number of nitrogens with zero attached hydrogens (tertiary/aromatic N) is 2. The van der Waals surface area contributed by atoms with Crippen molar-refractivity contribution in [3.05, 3.63) is 48.5 Å². The molecule has 0 spiro atoms. The van der Waals surface area contributed by atoms with Gasteiger partial charge in [0, 0.05) is 24.8 Å². The molecule has 3 heteroatoms. The highest BCUT2D eigenvalue weighted by Crippen LogP contribution is 2.11. The maximum Gasteiger partial charge on any atom is 0.0605 e. The standard InChI is InChI=1S/C10H11N3/c1-9-8-11-5-4-10(9)12-13-6-2-3-7-13/h2-8H,1H3,(H,11,12). The first-order valence-corrected chi connectivity index (χ1v) is 4.17. The molecule has 2 aromatic heterocycles. The number of aryl methyl sites for hydroxylation is 1. The molecule has 1 N–H and O–H groups in total. The van der Waals surface area contributed by atoms with Gasteiger partial charge in [0.15, 0.2) is 0 Å². The molecule has 0 saturated carbocycles. The second-order valence-electron chi connectivity index (χ2n) is 2.89. The molecule has 0 fully saturated rings. The number of aromatic nitrogens is 2. The van der Waals surface area contributed by atoms with Gasteiger partial charge in [0.05, 0.1) is 5.69 Å². The minimum atomic E-state index is 1.08. The predicted molar refractivity (Wildman–Crippen MR) is 52.4 cm³/mol. The van der Waals surface area contributed by atoms with Crippen LogP contribution in [-0.2, 0) is 0 Å². The first-order chi connectivity index (χ1) is 6.36. The minimum Gasteiger partial charge on any atom is -0.295 e. The normalized spacial score (nSPS) is 9.92. The molecule has 0 saturated heterocycles. The van der Waals surface area contributed by atoms with Gasteiger partial charge in [0.2, 0.25) is 0 Å². The third-order valence-corrected chi connectivity index (χ3v) is 1.87. The van der Waals surface area contributed by atoms with Crippen LogP contribution in [0.5, 0.6) is 0 Å². The fraction of sp³-hybridized carbons (Fsp3) is 0.100. The molecule has 66 valence electrons. The van der Waals surface area contributed by atoms with E-state index in [-0.39, 0.29) is 0 Å². The zero-order valence-electron chi connectivity index (χ0n) is 7.44. The highest BCUT2D eigenvalue weighted by atomic mass is 15.4. The van der Waals surface area contributed by atoms with Gasteiger partial charge in [-0.25, -0.2) is 0 Å². The van der Waals surface area contributed by atoms with E-state index in [1.165, 1.54) is 0 Å². The van der Waals surface area contributed by atoms with Crippen molar-refractivity contribution >= 4 is 5.69 Å². The molecule has 0 amide bonds. The van der Waals surface area contributed by atoms with Gasteiger partial charge >= 0.3 is 0 Å². The summed E-state index contributed by atoms with van der Waals surface area (Å²) < 4.78 is 1.91. The van der Waals surface area contributed by atoms with Crippen molar-refractivity contribution in [3.8, 4) is 0 Å². The number of hydrogen-bond acceptors (Lipinski definition) is 2. The van der Waals surface area contributed by atoms with Gasteiger partial charge < -0.3 is 0 Å². The van der Waals surface area contributed by atoms with E-state index in [2.05, 4.69) is 10.4 Å². The van der Waals surface area contributed by atoms with Gasteiger partial charge in [-0.15, -0.1) is 0 Å². The minimum absolute atomic E-state index is 1.08. The van der Waals surface area contributed by atoms with Crippen LogP contribution in [-0.4, -0.2) is 9.66 Å². The number of anilines is 1. The zero-order chi connectivity index (χ0) is 9.10. The summed E-state index contributed by atoms with van der Waals surface area (Å²) in [6.07, 6.45) is 7.53. The molecular formula is C10H11N3. The zero-order valence-corrected chi connectivity index (χ0v) is 7.44. The van der Waals surface area contributed by atoms with E-state index in [0.29, 0.717) is 0 Å². The van der Waals surface area contributed by atoms with Crippen LogP contribution < -0.4 is 5.43 Å². The van der Waals surface area contributed by atoms with Crippen LogP contribution in [0.4, 0.5) is 5.69 Å². The maximum atomic E-state index is 4.02. The van der Waals surface area contributed by atoms with Gasteiger partial charge in [0.25, 0.3) is 0 Å². The molecule has 0 atom stereocenters. The van der Waals surface area contributed by atoms with Gasteiger partial charge in [-0.05, 0) is 30.7 Å². The first kappa shape index (κ1) is 7.86. The molecular weight excluding hydrogens is 162 g/mol. The van der Waals surface area contributed by atoms with Gasteiger partial charge in [-0.3, -0.25) is 15.1 Å². The quantitative estimate of drug-likeness (QED) is 0.753. The van der Waals surface area contributed by atoms with E-state index < -0.39 is 0 Å². The molecule has 2 aromatic rings. The predicted octanol–water partition coefficient (Wildman–Crippen LogP) is 2.07. The van der Waals surface area contributed by atoms with E-state index in [4.69, 9.17) is 0 Å². The maximum absolute atomic E-state index is 4.02. The lowest BCUT2D eigenvalue weighted by atomic mass is 10.3. The summed E-state index contributed by atoms with van der Waals surface area (Å²) in [5, 5.41) is 0. The number of rotatable bonds is 2. The van der Waals surface area contributed by atoms with E-state index in [1.807, 2.05) is 48.4 Å². The fourth-order valence-electron chi connectivity index (χ4n) is 1.15. The van der Waals surface area contributed by atoms with Crippen LogP contribution in [0, 0.1) is 6.92 Å². The second kappa shape index (κ2) is 3.31. The summed E-state index contributed by atoms with van der Waals surface area (Å²) in [7, 11) is 0. The van der Waals surface area contributed by atoms with Gasteiger partial charge in [-0.1, -0.05) is 0 Å². The van der Waals surface area contributed by atoms with Crippen molar-refractivity contribution < 1.29 is 0 Å². The smallest absolute Gasteiger partial charge is 0.0605 e. The average molecular weight is 173 g/mol. The summed E-state index contributed by atoms with van der Waals surface area (Å²) in [6, 6.07) is 5.91. The van der Waals surface area contributed by atoms with Crippen molar-refractivity contribution in [1.82, 2.24) is 9.66 Å². The topological polar surface area (TPSA) is 29.9 Å². The van der Waals surface area contributed by atoms with Crippen LogP contribution in [0.1, 0.15) is 5.56 Å². The molecule has 0 radical (unpaired) electrons. The lowest BCUT2D eigenvalue weighted by Crippen LogP contribution is -2.06. The highest BCUT2D eigenvalue weighted by Gasteiger charge is 1.95. The number of pyridine rings is 1. The van der Waals surface area contributed by atoms with E-state index in [0.717, 1.165) is 11.3 Å². The number of nitrogens with one attached hydrogen (secondary N) is 1. The summed E-state index contributed by atoms with van der Waals surface area (Å²) in [4.78, 5) is 4.02. The monoisotopic (exact) mass is 173 g/mol. The Morgan fingerprint density at radius 1 is 1.31 bits per heavy atom. The van der Waals surface area contributed by atoms with Crippen LogP contribution >= 0.6 is 0 Å². The van der Waals surface area contributed by atoms with E-state index in [9.17, 15) is 0 Å². The number of hydrogen-bond donors (Lipinski definition) is 1. The van der Waals surface area contributed by atoms with Gasteiger partial charge in [-0.2, -0.15) is 0 Å². The third kappa shape index (κ3) is 1.69. The lowest BCUT2D eigenvalue weighted by molar-refractivity contribution is 0.964. The highest BCUT2D eigenvalue weighted by molar-refractivity contribution is 5.48. The molecule has 0 aliphatic carbocycles. The van der Waals surface area contributed by atoms with Crippen molar-refractivity contribution in [2.24, 2.45) is 0 Å². The summed E-state index contributed by atoms with van der Waals surface area (Å²) in [5.74, 6) is 0. The molecule has 2 rings (SSSR count). The van der Waals surface area contributed by atoms with Crippen LogP contribution in [0.15, 0.2) is 43.0 Å². The molecule has 0 aromatic carbocycles. The lowest BCUT2D eigenvalue weighted by Gasteiger charge is -2.08. The average Bonchev–Trinajstić information content (AvgIpc) is 2.61. The Hall–Kier alpha value is -1.77. The largest absolute Gasteiger partial charge is 0.295 e. The van der Waals surface area contributed by atoms with Crippen LogP contribution in [0.25, 0.3) is 0 Å². The van der Waals surface area contributed by atoms with Crippen molar-refractivity contribution in [1.29, 1.82) is 0 Å². The molecule has 0 bridgehead atoms. The van der Waals surface area contributed by atoms with E-state index >= 15 is 0 Å². The SMILES string of the molecule is Cc1cnccc1Nn1cccc1. The first-order valence-electron chi connectivity index (χ1n) is 4.17. The third-order valence-electron chi connectivity index (χ3n) is 1.87. The molecule has 2 heterocycles. The molecule has 3 nitrogen and oxygen atoms in total. The summed E-state index contributed by atoms with van der Waals surface area (Å²) in [6.45, 7) is 2.03. The Balaban J connectivity index is 2.24. The summed E-state index contributed by atoms with van der Waals surface area (Å²) in [5.41, 5.74) is 5.44. The van der Waals surface area contributed by atoms with E-state index in [1.54, 1.807) is 6.20 Å². The van der Waals surface area contributed by atoms with Crippen molar-refractivity contribution in [2.45, 2.75) is 6.92 Å². The van der Waals surface area contributed by atoms with Crippen molar-refractivity contribution in [2.75, 3.05) is 5.43 Å². The molecule has 0 aliphatic heterocycles. The summed E-state index contributed by atoms with van der Waals surface area (Å²) >= 11 is 0. The second-order valence-corrected chi connectivity index (χ2v) is 2.89. The molecule has 0 unspecified atom stereocenters. The van der Waals surface area contributed by atoms with Crippen LogP contribution in [0.3, 0.4) is 0 Å². The Kier molecular flexibility index (Phi) is 2.00. The van der Waals surface area contributed by atoms with Crippen molar-refractivity contribution in [3.63, 3.8) is 0 Å². The Bertz CT molecular complexity index is 379. The molecule has 0 aliphatic rings. The Morgan fingerprint density at radius 2 is 2.08 bits per heavy atom. The van der Waals surface area contributed by atoms with Gasteiger partial charge in [0.1, 0.15) is 0 Å². The molecule has 13 heavy (non-hydrogen) atoms. The Morgan fingerprint density at radius 3 is 2.77 bits per heavy atom.